The summed E-state index contributed by atoms with van der Waals surface area (Å²) < 4.78 is 11.3. The minimum Gasteiger partial charge on any atom is -0.482 e. The highest BCUT2D eigenvalue weighted by Gasteiger charge is 2.34. The molecule has 1 N–H and O–H groups in total. The van der Waals surface area contributed by atoms with Gasteiger partial charge in [-0.2, -0.15) is 0 Å². The quantitative estimate of drug-likeness (QED) is 0.475. The highest BCUT2D eigenvalue weighted by Crippen LogP contribution is 2.31. The molecule has 2 aromatic carbocycles. The fourth-order valence-electron chi connectivity index (χ4n) is 3.61. The van der Waals surface area contributed by atoms with Crippen molar-refractivity contribution in [3.63, 3.8) is 0 Å². The molecule has 1 aliphatic heterocycles. The van der Waals surface area contributed by atoms with Crippen LogP contribution in [0, 0.1) is 12.8 Å². The molecule has 2 aromatic rings. The predicted molar refractivity (Wildman–Crippen MR) is 124 cm³/mol. The SMILES string of the molecule is Cc1cc(C(=O)CCC2N=C(c3ccc(Cl)cc3Cl)OC2C(C)C)ccc1OCC(=O)O. The first kappa shape index (κ1) is 24.1. The Labute approximate surface area is 197 Å². The number of hydrogen-bond acceptors (Lipinski definition) is 5. The second kappa shape index (κ2) is 10.4. The molecule has 0 amide bonds. The highest BCUT2D eigenvalue weighted by molar-refractivity contribution is 6.36. The summed E-state index contributed by atoms with van der Waals surface area (Å²) in [6, 6.07) is 10.00. The highest BCUT2D eigenvalue weighted by atomic mass is 35.5. The normalized spacial score (nSPS) is 17.8. The minimum absolute atomic E-state index is 0.0198. The third-order valence-electron chi connectivity index (χ3n) is 5.24. The molecule has 0 fully saturated rings. The Bertz CT molecular complexity index is 1050. The van der Waals surface area contributed by atoms with E-state index >= 15 is 0 Å². The molecular formula is C24H25Cl2NO5. The maximum Gasteiger partial charge on any atom is 0.341 e. The van der Waals surface area contributed by atoms with Crippen LogP contribution in [0.1, 0.15) is 48.2 Å². The third-order valence-corrected chi connectivity index (χ3v) is 5.79. The lowest BCUT2D eigenvalue weighted by molar-refractivity contribution is -0.139. The average Bonchev–Trinajstić information content (AvgIpc) is 3.15. The molecule has 0 radical (unpaired) electrons. The topological polar surface area (TPSA) is 85.2 Å². The van der Waals surface area contributed by atoms with Gasteiger partial charge in [0.1, 0.15) is 11.9 Å². The standard InChI is InChI=1S/C24H25Cl2NO5/c1-13(2)23-19(27-24(32-23)17-6-5-16(25)11-18(17)26)7-8-20(28)15-4-9-21(14(3)10-15)31-12-22(29)30/h4-6,9-11,13,19,23H,7-8,12H2,1-3H3,(H,29,30). The lowest BCUT2D eigenvalue weighted by atomic mass is 9.94. The molecular weight excluding hydrogens is 453 g/mol. The summed E-state index contributed by atoms with van der Waals surface area (Å²) in [5.41, 5.74) is 1.94. The predicted octanol–water partition coefficient (Wildman–Crippen LogP) is 5.60. The van der Waals surface area contributed by atoms with Crippen LogP contribution in [0.4, 0.5) is 0 Å². The van der Waals surface area contributed by atoms with Gasteiger partial charge in [-0.05, 0) is 61.2 Å². The maximum absolute atomic E-state index is 12.8. The van der Waals surface area contributed by atoms with E-state index in [1.54, 1.807) is 43.3 Å². The summed E-state index contributed by atoms with van der Waals surface area (Å²) in [4.78, 5) is 28.2. The summed E-state index contributed by atoms with van der Waals surface area (Å²) in [5.74, 6) is 0.0486. The first-order valence-electron chi connectivity index (χ1n) is 10.3. The molecule has 0 aliphatic carbocycles. The number of ketones is 1. The Hall–Kier alpha value is -2.57. The van der Waals surface area contributed by atoms with Crippen LogP contribution in [-0.2, 0) is 9.53 Å². The van der Waals surface area contributed by atoms with Gasteiger partial charge < -0.3 is 14.6 Å². The fourth-order valence-corrected chi connectivity index (χ4v) is 4.10. The number of aliphatic imine (C=N–C) groups is 1. The number of aryl methyl sites for hydroxylation is 1. The zero-order valence-electron chi connectivity index (χ0n) is 18.1. The van der Waals surface area contributed by atoms with Gasteiger partial charge in [0.2, 0.25) is 5.90 Å². The van der Waals surface area contributed by atoms with Crippen molar-refractivity contribution in [2.45, 2.75) is 45.8 Å². The molecule has 2 unspecified atom stereocenters. The number of aliphatic carboxylic acids is 1. The third kappa shape index (κ3) is 5.81. The number of halogens is 2. The second-order valence-electron chi connectivity index (χ2n) is 8.08. The van der Waals surface area contributed by atoms with E-state index in [1.165, 1.54) is 0 Å². The average molecular weight is 478 g/mol. The molecule has 0 aromatic heterocycles. The molecule has 6 nitrogen and oxygen atoms in total. The number of ether oxygens (including phenoxy) is 2. The van der Waals surface area contributed by atoms with Crippen LogP contribution in [0.2, 0.25) is 10.0 Å². The molecule has 1 aliphatic rings. The van der Waals surface area contributed by atoms with Crippen LogP contribution in [-0.4, -0.2) is 41.5 Å². The molecule has 0 saturated carbocycles. The molecule has 32 heavy (non-hydrogen) atoms. The number of benzene rings is 2. The van der Waals surface area contributed by atoms with E-state index in [2.05, 4.69) is 13.8 Å². The van der Waals surface area contributed by atoms with Gasteiger partial charge in [-0.3, -0.25) is 4.79 Å². The first-order valence-corrected chi connectivity index (χ1v) is 11.1. The van der Waals surface area contributed by atoms with E-state index in [1.807, 2.05) is 0 Å². The van der Waals surface area contributed by atoms with E-state index in [0.717, 1.165) is 0 Å². The summed E-state index contributed by atoms with van der Waals surface area (Å²) in [5, 5.41) is 9.75. The summed E-state index contributed by atoms with van der Waals surface area (Å²) >= 11 is 12.3. The van der Waals surface area contributed by atoms with Gasteiger partial charge in [-0.1, -0.05) is 37.0 Å². The van der Waals surface area contributed by atoms with Crippen LogP contribution in [0.3, 0.4) is 0 Å². The van der Waals surface area contributed by atoms with E-state index in [4.69, 9.17) is 42.8 Å². The van der Waals surface area contributed by atoms with Crippen molar-refractivity contribution in [1.29, 1.82) is 0 Å². The summed E-state index contributed by atoms with van der Waals surface area (Å²) in [6.07, 6.45) is 0.683. The van der Waals surface area contributed by atoms with Gasteiger partial charge in [-0.25, -0.2) is 9.79 Å². The molecule has 1 heterocycles. The lowest BCUT2D eigenvalue weighted by Crippen LogP contribution is -2.28. The van der Waals surface area contributed by atoms with Crippen molar-refractivity contribution in [3.05, 3.63) is 63.1 Å². The Morgan fingerprint density at radius 1 is 1.19 bits per heavy atom. The zero-order chi connectivity index (χ0) is 23.4. The molecule has 170 valence electrons. The number of hydrogen-bond donors (Lipinski definition) is 1. The number of carbonyl (C=O) groups excluding carboxylic acids is 1. The number of rotatable bonds is 9. The van der Waals surface area contributed by atoms with Gasteiger partial charge in [-0.15, -0.1) is 0 Å². The van der Waals surface area contributed by atoms with Crippen molar-refractivity contribution >= 4 is 40.9 Å². The van der Waals surface area contributed by atoms with Crippen molar-refractivity contribution < 1.29 is 24.2 Å². The summed E-state index contributed by atoms with van der Waals surface area (Å²) in [7, 11) is 0. The van der Waals surface area contributed by atoms with Gasteiger partial charge in [0.25, 0.3) is 0 Å². The van der Waals surface area contributed by atoms with Crippen LogP contribution < -0.4 is 4.74 Å². The summed E-state index contributed by atoms with van der Waals surface area (Å²) in [6.45, 7) is 5.46. The van der Waals surface area contributed by atoms with E-state index in [-0.39, 0.29) is 23.8 Å². The Morgan fingerprint density at radius 3 is 2.56 bits per heavy atom. The number of carboxylic acid groups (broad SMARTS) is 1. The van der Waals surface area contributed by atoms with Gasteiger partial charge >= 0.3 is 5.97 Å². The van der Waals surface area contributed by atoms with Gasteiger partial charge in [0.05, 0.1) is 16.6 Å². The van der Waals surface area contributed by atoms with Crippen LogP contribution in [0.15, 0.2) is 41.4 Å². The largest absolute Gasteiger partial charge is 0.482 e. The van der Waals surface area contributed by atoms with Gasteiger partial charge in [0.15, 0.2) is 12.4 Å². The lowest BCUT2D eigenvalue weighted by Gasteiger charge is -2.21. The minimum atomic E-state index is -1.05. The monoisotopic (exact) mass is 477 g/mol. The Morgan fingerprint density at radius 2 is 1.94 bits per heavy atom. The molecule has 0 spiro atoms. The van der Waals surface area contributed by atoms with E-state index in [0.29, 0.717) is 51.2 Å². The smallest absolute Gasteiger partial charge is 0.341 e. The fraction of sp³-hybridized carbons (Fsp3) is 0.375. The molecule has 3 rings (SSSR count). The van der Waals surface area contributed by atoms with Crippen molar-refractivity contribution in [2.24, 2.45) is 10.9 Å². The van der Waals surface area contributed by atoms with Crippen molar-refractivity contribution in [2.75, 3.05) is 6.61 Å². The Kier molecular flexibility index (Phi) is 7.80. The maximum atomic E-state index is 12.8. The van der Waals surface area contributed by atoms with Crippen molar-refractivity contribution in [3.8, 4) is 5.75 Å². The molecule has 0 saturated heterocycles. The van der Waals surface area contributed by atoms with E-state index in [9.17, 15) is 9.59 Å². The molecule has 0 bridgehead atoms. The first-order chi connectivity index (χ1) is 15.2. The zero-order valence-corrected chi connectivity index (χ0v) is 19.6. The Balaban J connectivity index is 1.70. The number of Topliss-reactive ketones (excluding diaryl/α,β-unsaturated/α-hetero) is 1. The molecule has 8 heteroatoms. The number of carbonyl (C=O) groups is 2. The number of carboxylic acids is 1. The van der Waals surface area contributed by atoms with Crippen molar-refractivity contribution in [1.82, 2.24) is 0 Å². The van der Waals surface area contributed by atoms with Crippen LogP contribution in [0.25, 0.3) is 0 Å². The molecule has 2 atom stereocenters. The second-order valence-corrected chi connectivity index (χ2v) is 8.92. The van der Waals surface area contributed by atoms with Crippen LogP contribution in [0.5, 0.6) is 5.75 Å². The van der Waals surface area contributed by atoms with E-state index < -0.39 is 12.6 Å². The van der Waals surface area contributed by atoms with Gasteiger partial charge in [0, 0.05) is 17.0 Å². The van der Waals surface area contributed by atoms with Crippen LogP contribution >= 0.6 is 23.2 Å². The number of nitrogens with zero attached hydrogens (tertiary/aromatic N) is 1.